The summed E-state index contributed by atoms with van der Waals surface area (Å²) in [6, 6.07) is 9.87. The third-order valence-electron chi connectivity index (χ3n) is 3.12. The predicted octanol–water partition coefficient (Wildman–Crippen LogP) is 3.05. The normalized spacial score (nSPS) is 10.6. The van der Waals surface area contributed by atoms with E-state index in [9.17, 15) is 4.79 Å². The number of aryl methyl sites for hydroxylation is 1. The quantitative estimate of drug-likeness (QED) is 0.724. The summed E-state index contributed by atoms with van der Waals surface area (Å²) in [5, 5.41) is 15.7. The third-order valence-corrected chi connectivity index (χ3v) is 3.12. The minimum Gasteiger partial charge on any atom is -0.481 e. The number of rotatable bonds is 8. The molecule has 5 heteroatoms. The van der Waals surface area contributed by atoms with Gasteiger partial charge >= 0.3 is 5.97 Å². The second-order valence-electron chi connectivity index (χ2n) is 4.78. The van der Waals surface area contributed by atoms with Crippen LogP contribution >= 0.6 is 0 Å². The highest BCUT2D eigenvalue weighted by atomic mass is 16.4. The zero-order valence-corrected chi connectivity index (χ0v) is 11.4. The van der Waals surface area contributed by atoms with Gasteiger partial charge in [-0.1, -0.05) is 43.2 Å². The van der Waals surface area contributed by atoms with Crippen molar-refractivity contribution in [1.82, 2.24) is 15.2 Å². The molecule has 0 bridgehead atoms. The average Bonchev–Trinajstić information content (AvgIpc) is 2.92. The number of hydrogen-bond donors (Lipinski definition) is 2. The third kappa shape index (κ3) is 4.50. The van der Waals surface area contributed by atoms with Crippen molar-refractivity contribution in [3.05, 3.63) is 36.2 Å². The maximum absolute atomic E-state index is 10.4. The van der Waals surface area contributed by atoms with Gasteiger partial charge < -0.3 is 5.11 Å². The van der Waals surface area contributed by atoms with Gasteiger partial charge in [-0.3, -0.25) is 9.89 Å². The lowest BCUT2D eigenvalue weighted by atomic mass is 10.1. The molecule has 0 amide bonds. The molecule has 0 radical (unpaired) electrons. The Balaban J connectivity index is 1.72. The van der Waals surface area contributed by atoms with Crippen LogP contribution in [0.5, 0.6) is 0 Å². The zero-order valence-electron chi connectivity index (χ0n) is 11.4. The second kappa shape index (κ2) is 7.43. The molecule has 0 atom stereocenters. The molecule has 1 aromatic carbocycles. The molecule has 0 aliphatic heterocycles. The largest absolute Gasteiger partial charge is 0.481 e. The van der Waals surface area contributed by atoms with Crippen LogP contribution in [0.25, 0.3) is 11.4 Å². The maximum atomic E-state index is 10.4. The lowest BCUT2D eigenvalue weighted by Gasteiger charge is -1.97. The van der Waals surface area contributed by atoms with E-state index < -0.39 is 5.97 Å². The van der Waals surface area contributed by atoms with Crippen LogP contribution in [0.15, 0.2) is 30.3 Å². The van der Waals surface area contributed by atoms with Crippen LogP contribution in [0, 0.1) is 0 Å². The van der Waals surface area contributed by atoms with Crippen LogP contribution in [0.3, 0.4) is 0 Å². The summed E-state index contributed by atoms with van der Waals surface area (Å²) < 4.78 is 0. The number of aromatic amines is 1. The van der Waals surface area contributed by atoms with Gasteiger partial charge in [-0.25, -0.2) is 4.98 Å². The maximum Gasteiger partial charge on any atom is 0.303 e. The summed E-state index contributed by atoms with van der Waals surface area (Å²) in [6.07, 6.45) is 4.85. The van der Waals surface area contributed by atoms with Gasteiger partial charge in [0.05, 0.1) is 0 Å². The molecular formula is C15H19N3O2. The van der Waals surface area contributed by atoms with E-state index in [1.54, 1.807) is 0 Å². The van der Waals surface area contributed by atoms with Crippen molar-refractivity contribution in [3.8, 4) is 11.4 Å². The van der Waals surface area contributed by atoms with Crippen LogP contribution in [-0.2, 0) is 11.2 Å². The molecule has 0 spiro atoms. The van der Waals surface area contributed by atoms with E-state index in [0.29, 0.717) is 0 Å². The Hall–Kier alpha value is -2.17. The number of nitrogens with one attached hydrogen (secondary N) is 1. The van der Waals surface area contributed by atoms with Crippen molar-refractivity contribution in [3.63, 3.8) is 0 Å². The lowest BCUT2D eigenvalue weighted by molar-refractivity contribution is -0.137. The molecule has 0 aliphatic rings. The standard InChI is InChI=1S/C15H19N3O2/c19-14(20)11-7-2-1-6-10-13-16-15(18-17-13)12-8-4-3-5-9-12/h3-5,8-9H,1-2,6-7,10-11H2,(H,19,20)(H,16,17,18). The number of H-pyrrole nitrogens is 1. The van der Waals surface area contributed by atoms with Gasteiger partial charge in [0.15, 0.2) is 5.82 Å². The Kier molecular flexibility index (Phi) is 5.29. The van der Waals surface area contributed by atoms with E-state index in [0.717, 1.165) is 49.3 Å². The Labute approximate surface area is 118 Å². The van der Waals surface area contributed by atoms with Crippen molar-refractivity contribution in [2.24, 2.45) is 0 Å². The number of aliphatic carboxylic acids is 1. The molecule has 0 saturated carbocycles. The van der Waals surface area contributed by atoms with Crippen molar-refractivity contribution in [2.45, 2.75) is 38.5 Å². The van der Waals surface area contributed by atoms with Gasteiger partial charge in [-0.15, -0.1) is 0 Å². The molecule has 106 valence electrons. The molecule has 0 unspecified atom stereocenters. The van der Waals surface area contributed by atoms with Gasteiger partial charge in [0.2, 0.25) is 0 Å². The number of carboxylic acid groups (broad SMARTS) is 1. The summed E-state index contributed by atoms with van der Waals surface area (Å²) in [5.41, 5.74) is 1.01. The highest BCUT2D eigenvalue weighted by Gasteiger charge is 2.05. The Morgan fingerprint density at radius 2 is 1.85 bits per heavy atom. The SMILES string of the molecule is O=C(O)CCCCCCc1nc(-c2ccccc2)n[nH]1. The number of benzene rings is 1. The van der Waals surface area contributed by atoms with E-state index in [2.05, 4.69) is 15.2 Å². The number of carboxylic acids is 1. The first-order valence-electron chi connectivity index (χ1n) is 6.94. The second-order valence-corrected chi connectivity index (χ2v) is 4.78. The lowest BCUT2D eigenvalue weighted by Crippen LogP contribution is -1.94. The fourth-order valence-electron chi connectivity index (χ4n) is 2.05. The first kappa shape index (κ1) is 14.2. The molecule has 2 aromatic rings. The molecular weight excluding hydrogens is 254 g/mol. The molecule has 0 fully saturated rings. The van der Waals surface area contributed by atoms with Crippen LogP contribution in [0.4, 0.5) is 0 Å². The molecule has 2 rings (SSSR count). The summed E-state index contributed by atoms with van der Waals surface area (Å²) >= 11 is 0. The smallest absolute Gasteiger partial charge is 0.303 e. The molecule has 1 aromatic heterocycles. The Bertz CT molecular complexity index is 537. The molecule has 1 heterocycles. The molecule has 0 aliphatic carbocycles. The van der Waals surface area contributed by atoms with Crippen molar-refractivity contribution in [1.29, 1.82) is 0 Å². The van der Waals surface area contributed by atoms with E-state index in [4.69, 9.17) is 5.11 Å². The Morgan fingerprint density at radius 1 is 1.10 bits per heavy atom. The van der Waals surface area contributed by atoms with Crippen molar-refractivity contribution in [2.75, 3.05) is 0 Å². The van der Waals surface area contributed by atoms with Crippen LogP contribution in [0.1, 0.15) is 37.9 Å². The predicted molar refractivity (Wildman–Crippen MR) is 76.2 cm³/mol. The molecule has 2 N–H and O–H groups in total. The molecule has 0 saturated heterocycles. The Morgan fingerprint density at radius 3 is 2.60 bits per heavy atom. The summed E-state index contributed by atoms with van der Waals surface area (Å²) in [4.78, 5) is 14.8. The first-order valence-corrected chi connectivity index (χ1v) is 6.94. The first-order chi connectivity index (χ1) is 9.75. The average molecular weight is 273 g/mol. The van der Waals surface area contributed by atoms with Crippen LogP contribution in [-0.4, -0.2) is 26.3 Å². The highest BCUT2D eigenvalue weighted by Crippen LogP contribution is 2.14. The number of aromatic nitrogens is 3. The number of unbranched alkanes of at least 4 members (excludes halogenated alkanes) is 3. The minimum atomic E-state index is -0.715. The van der Waals surface area contributed by atoms with Gasteiger partial charge in [-0.2, -0.15) is 5.10 Å². The van der Waals surface area contributed by atoms with Crippen molar-refractivity contribution < 1.29 is 9.90 Å². The number of nitrogens with zero attached hydrogens (tertiary/aromatic N) is 2. The minimum absolute atomic E-state index is 0.264. The topological polar surface area (TPSA) is 78.9 Å². The van der Waals surface area contributed by atoms with E-state index in [1.165, 1.54) is 0 Å². The van der Waals surface area contributed by atoms with Gasteiger partial charge in [-0.05, 0) is 12.8 Å². The summed E-state index contributed by atoms with van der Waals surface area (Å²) in [5.74, 6) is 0.904. The zero-order chi connectivity index (χ0) is 14.2. The van der Waals surface area contributed by atoms with Crippen molar-refractivity contribution >= 4 is 5.97 Å². The highest BCUT2D eigenvalue weighted by molar-refractivity contribution is 5.66. The van der Waals surface area contributed by atoms with E-state index in [1.807, 2.05) is 30.3 Å². The van der Waals surface area contributed by atoms with Gasteiger partial charge in [0, 0.05) is 18.4 Å². The van der Waals surface area contributed by atoms with E-state index >= 15 is 0 Å². The summed E-state index contributed by atoms with van der Waals surface area (Å²) in [7, 11) is 0. The fourth-order valence-corrected chi connectivity index (χ4v) is 2.05. The molecule has 20 heavy (non-hydrogen) atoms. The van der Waals surface area contributed by atoms with Gasteiger partial charge in [0.1, 0.15) is 5.82 Å². The molecule has 5 nitrogen and oxygen atoms in total. The fraction of sp³-hybridized carbons (Fsp3) is 0.400. The van der Waals surface area contributed by atoms with Gasteiger partial charge in [0.25, 0.3) is 0 Å². The number of hydrogen-bond acceptors (Lipinski definition) is 3. The van der Waals surface area contributed by atoms with Crippen LogP contribution < -0.4 is 0 Å². The van der Waals surface area contributed by atoms with Crippen LogP contribution in [0.2, 0.25) is 0 Å². The number of carbonyl (C=O) groups is 1. The van der Waals surface area contributed by atoms with E-state index in [-0.39, 0.29) is 6.42 Å². The monoisotopic (exact) mass is 273 g/mol. The summed E-state index contributed by atoms with van der Waals surface area (Å²) in [6.45, 7) is 0.